The molecule has 0 aliphatic carbocycles. The van der Waals surface area contributed by atoms with E-state index in [1.165, 1.54) is 12.8 Å². The number of likely N-dealkylation sites (tertiary alicyclic amines) is 1. The van der Waals surface area contributed by atoms with Crippen LogP contribution in [-0.2, 0) is 0 Å². The topological polar surface area (TPSA) is 49.4 Å². The van der Waals surface area contributed by atoms with Crippen molar-refractivity contribution in [3.63, 3.8) is 0 Å². The maximum Gasteiger partial charge on any atom is 0.231 e. The van der Waals surface area contributed by atoms with Gasteiger partial charge in [0.15, 0.2) is 17.2 Å². The van der Waals surface area contributed by atoms with E-state index in [9.17, 15) is 0 Å². The summed E-state index contributed by atoms with van der Waals surface area (Å²) in [4.78, 5) is 2.48. The molecule has 6 nitrogen and oxygen atoms in total. The van der Waals surface area contributed by atoms with Gasteiger partial charge in [-0.2, -0.15) is 0 Å². The molecule has 1 fully saturated rings. The highest BCUT2D eigenvalue weighted by Crippen LogP contribution is 2.54. The van der Waals surface area contributed by atoms with E-state index in [1.807, 2.05) is 18.2 Å². The van der Waals surface area contributed by atoms with Crippen molar-refractivity contribution in [3.8, 4) is 28.7 Å². The van der Waals surface area contributed by atoms with Crippen LogP contribution in [0.3, 0.4) is 0 Å². The Bertz CT molecular complexity index is 955. The van der Waals surface area contributed by atoms with Crippen molar-refractivity contribution in [2.45, 2.75) is 38.3 Å². The zero-order valence-electron chi connectivity index (χ0n) is 18.1. The first-order chi connectivity index (χ1) is 14.5. The van der Waals surface area contributed by atoms with Crippen LogP contribution < -0.4 is 23.7 Å². The smallest absolute Gasteiger partial charge is 0.231 e. The summed E-state index contributed by atoms with van der Waals surface area (Å²) in [5, 5.41) is 0. The summed E-state index contributed by atoms with van der Waals surface area (Å²) in [6.07, 6.45) is 2.41. The summed E-state index contributed by atoms with van der Waals surface area (Å²) in [5.74, 6) is 4.23. The number of rotatable bonds is 4. The molecule has 30 heavy (non-hydrogen) atoms. The number of hydrogen-bond donors (Lipinski definition) is 0. The van der Waals surface area contributed by atoms with Gasteiger partial charge in [0, 0.05) is 48.2 Å². The van der Waals surface area contributed by atoms with Crippen molar-refractivity contribution < 1.29 is 23.7 Å². The highest BCUT2D eigenvalue weighted by molar-refractivity contribution is 5.58. The minimum Gasteiger partial charge on any atom is -0.497 e. The monoisotopic (exact) mass is 411 g/mol. The van der Waals surface area contributed by atoms with Crippen molar-refractivity contribution in [1.29, 1.82) is 0 Å². The van der Waals surface area contributed by atoms with E-state index in [2.05, 4.69) is 30.9 Å². The van der Waals surface area contributed by atoms with Crippen LogP contribution in [0.15, 0.2) is 30.3 Å². The number of ether oxygens (including phenoxy) is 5. The summed E-state index contributed by atoms with van der Waals surface area (Å²) in [6.45, 7) is 6.84. The highest BCUT2D eigenvalue weighted by Gasteiger charge is 2.50. The highest BCUT2D eigenvalue weighted by atomic mass is 16.7. The minimum atomic E-state index is -0.424. The Labute approximate surface area is 177 Å². The fourth-order valence-corrected chi connectivity index (χ4v) is 5.19. The largest absolute Gasteiger partial charge is 0.497 e. The molecule has 0 amide bonds. The Balaban J connectivity index is 1.68. The molecule has 0 spiro atoms. The standard InChI is InChI=1S/C24H29NO5/c1-15-23(17-8-7-16(26-3)11-19(17)27-4)18-12-21-22(29-14-28-21)13-20(18)30-24(15,2)25-9-5-6-10-25/h7-8,11-13,15,23H,5-6,9-10,14H2,1-4H3/t15-,23-,24+/m0/s1. The van der Waals surface area contributed by atoms with Crippen LogP contribution in [0.1, 0.15) is 43.7 Å². The van der Waals surface area contributed by atoms with E-state index in [4.69, 9.17) is 23.7 Å². The third-order valence-corrected chi connectivity index (χ3v) is 7.01. The lowest BCUT2D eigenvalue weighted by Crippen LogP contribution is -2.57. The molecule has 160 valence electrons. The van der Waals surface area contributed by atoms with E-state index in [0.29, 0.717) is 0 Å². The van der Waals surface area contributed by atoms with Gasteiger partial charge in [-0.25, -0.2) is 0 Å². The number of fused-ring (bicyclic) bond motifs is 2. The normalized spacial score (nSPS) is 27.5. The van der Waals surface area contributed by atoms with Crippen molar-refractivity contribution >= 4 is 0 Å². The van der Waals surface area contributed by atoms with Crippen LogP contribution in [0.4, 0.5) is 0 Å². The zero-order valence-corrected chi connectivity index (χ0v) is 18.1. The van der Waals surface area contributed by atoms with Gasteiger partial charge in [-0.1, -0.05) is 13.0 Å². The molecule has 3 heterocycles. The molecule has 3 aliphatic heterocycles. The SMILES string of the molecule is COc1ccc([C@H]2c3cc4c(cc3O[C@@](C)(N3CCCC3)[C@H]2C)OCO4)c(OC)c1. The molecule has 1 saturated heterocycles. The van der Waals surface area contributed by atoms with Crippen LogP contribution in [0.25, 0.3) is 0 Å². The van der Waals surface area contributed by atoms with Gasteiger partial charge in [0.05, 0.1) is 14.2 Å². The Kier molecular flexibility index (Phi) is 4.69. The molecule has 0 aromatic heterocycles. The minimum absolute atomic E-state index is 0.0784. The first kappa shape index (κ1) is 19.4. The van der Waals surface area contributed by atoms with Gasteiger partial charge in [0.1, 0.15) is 17.2 Å². The number of hydrogen-bond acceptors (Lipinski definition) is 6. The van der Waals surface area contributed by atoms with Crippen molar-refractivity contribution in [2.24, 2.45) is 5.92 Å². The molecular weight excluding hydrogens is 382 g/mol. The quantitative estimate of drug-likeness (QED) is 0.743. The number of nitrogens with zero attached hydrogens (tertiary/aromatic N) is 1. The van der Waals surface area contributed by atoms with E-state index < -0.39 is 5.72 Å². The van der Waals surface area contributed by atoms with Gasteiger partial charge in [-0.15, -0.1) is 0 Å². The predicted molar refractivity (Wildman–Crippen MR) is 113 cm³/mol. The third-order valence-electron chi connectivity index (χ3n) is 7.01. The summed E-state index contributed by atoms with van der Waals surface area (Å²) in [6, 6.07) is 10.1. The molecule has 3 aliphatic rings. The van der Waals surface area contributed by atoms with Gasteiger partial charge in [0.25, 0.3) is 0 Å². The lowest BCUT2D eigenvalue weighted by Gasteiger charge is -2.50. The maximum absolute atomic E-state index is 6.74. The van der Waals surface area contributed by atoms with Crippen LogP contribution in [0.2, 0.25) is 0 Å². The lowest BCUT2D eigenvalue weighted by atomic mass is 9.73. The molecule has 2 aromatic rings. The van der Waals surface area contributed by atoms with Crippen molar-refractivity contribution in [1.82, 2.24) is 4.90 Å². The molecule has 2 aromatic carbocycles. The second-order valence-electron chi connectivity index (χ2n) is 8.47. The summed E-state index contributed by atoms with van der Waals surface area (Å²) < 4.78 is 29.3. The number of methoxy groups -OCH3 is 2. The van der Waals surface area contributed by atoms with Crippen LogP contribution >= 0.6 is 0 Å². The van der Waals surface area contributed by atoms with Crippen LogP contribution in [0.5, 0.6) is 28.7 Å². The zero-order chi connectivity index (χ0) is 20.9. The molecule has 6 heteroatoms. The Morgan fingerprint density at radius 1 is 0.933 bits per heavy atom. The Hall–Kier alpha value is -2.60. The van der Waals surface area contributed by atoms with Crippen LogP contribution in [-0.4, -0.2) is 44.7 Å². The summed E-state index contributed by atoms with van der Waals surface area (Å²) in [5.41, 5.74) is 1.80. The van der Waals surface area contributed by atoms with E-state index in [0.717, 1.165) is 53.0 Å². The molecule has 0 N–H and O–H groups in total. The fraction of sp³-hybridized carbons (Fsp3) is 0.500. The van der Waals surface area contributed by atoms with E-state index in [-0.39, 0.29) is 18.6 Å². The molecule has 0 saturated carbocycles. The molecule has 0 unspecified atom stereocenters. The average Bonchev–Trinajstić information content (AvgIpc) is 3.45. The predicted octanol–water partition coefficient (Wildman–Crippen LogP) is 4.40. The lowest BCUT2D eigenvalue weighted by molar-refractivity contribution is -0.114. The van der Waals surface area contributed by atoms with Crippen molar-refractivity contribution in [2.75, 3.05) is 34.1 Å². The third kappa shape index (κ3) is 2.88. The first-order valence-corrected chi connectivity index (χ1v) is 10.6. The fourth-order valence-electron chi connectivity index (χ4n) is 5.19. The van der Waals surface area contributed by atoms with Gasteiger partial charge in [0.2, 0.25) is 6.79 Å². The number of benzene rings is 2. The first-order valence-electron chi connectivity index (χ1n) is 10.6. The second kappa shape index (κ2) is 7.27. The maximum atomic E-state index is 6.74. The van der Waals surface area contributed by atoms with Gasteiger partial charge in [-0.3, -0.25) is 4.90 Å². The van der Waals surface area contributed by atoms with Gasteiger partial charge in [-0.05, 0) is 31.9 Å². The van der Waals surface area contributed by atoms with E-state index in [1.54, 1.807) is 14.2 Å². The molecular formula is C24H29NO5. The molecule has 0 radical (unpaired) electrons. The Morgan fingerprint density at radius 3 is 2.37 bits per heavy atom. The van der Waals surface area contributed by atoms with E-state index >= 15 is 0 Å². The molecule has 0 bridgehead atoms. The summed E-state index contributed by atoms with van der Waals surface area (Å²) >= 11 is 0. The second-order valence-corrected chi connectivity index (χ2v) is 8.47. The molecule has 3 atom stereocenters. The van der Waals surface area contributed by atoms with Crippen molar-refractivity contribution in [3.05, 3.63) is 41.5 Å². The molecule has 5 rings (SSSR count). The summed E-state index contributed by atoms with van der Waals surface area (Å²) in [7, 11) is 3.38. The Morgan fingerprint density at radius 2 is 1.67 bits per heavy atom. The van der Waals surface area contributed by atoms with Gasteiger partial charge < -0.3 is 23.7 Å². The average molecular weight is 411 g/mol. The van der Waals surface area contributed by atoms with Crippen LogP contribution in [0, 0.1) is 5.92 Å². The van der Waals surface area contributed by atoms with Gasteiger partial charge >= 0.3 is 0 Å².